The van der Waals surface area contributed by atoms with Gasteiger partial charge in [0.1, 0.15) is 49.3 Å². The van der Waals surface area contributed by atoms with E-state index in [1.807, 2.05) is 0 Å². The summed E-state index contributed by atoms with van der Waals surface area (Å²) < 4.78 is 63.5. The van der Waals surface area contributed by atoms with Crippen LogP contribution in [0.2, 0.25) is 0 Å². The van der Waals surface area contributed by atoms with E-state index in [0.717, 1.165) is 0 Å². The first kappa shape index (κ1) is 26.8. The van der Waals surface area contributed by atoms with Crippen LogP contribution in [-0.2, 0) is 52.1 Å². The molecule has 9 atom stereocenters. The molecule has 31 heavy (non-hydrogen) atoms. The number of ether oxygens (including phenoxy) is 11. The SMILES string of the molecule is COC[C@@H]1O[C@](COC)(O[C@@H]2O[C@@H](COC)[C@@H](OC)[C@H](OC)[C@@H]2OC)[C@H](OC)[C@@H]1OC. The fraction of sp³-hybridized carbons (Fsp3) is 1.00. The highest BCUT2D eigenvalue weighted by Crippen LogP contribution is 2.40. The van der Waals surface area contributed by atoms with E-state index >= 15 is 0 Å². The van der Waals surface area contributed by atoms with E-state index in [1.54, 1.807) is 56.9 Å². The van der Waals surface area contributed by atoms with Crippen molar-refractivity contribution in [2.45, 2.75) is 54.8 Å². The summed E-state index contributed by atoms with van der Waals surface area (Å²) in [4.78, 5) is 0. The van der Waals surface area contributed by atoms with Crippen molar-refractivity contribution in [2.24, 2.45) is 0 Å². The zero-order valence-corrected chi connectivity index (χ0v) is 19.7. The minimum absolute atomic E-state index is 0.0577. The summed E-state index contributed by atoms with van der Waals surface area (Å²) in [5, 5.41) is 0. The first-order valence-electron chi connectivity index (χ1n) is 10.1. The zero-order valence-electron chi connectivity index (χ0n) is 19.7. The highest BCUT2D eigenvalue weighted by molar-refractivity contribution is 5.01. The summed E-state index contributed by atoms with van der Waals surface area (Å²) >= 11 is 0. The van der Waals surface area contributed by atoms with E-state index in [2.05, 4.69) is 0 Å². The highest BCUT2D eigenvalue weighted by atomic mass is 16.8. The maximum Gasteiger partial charge on any atom is 0.224 e. The lowest BCUT2D eigenvalue weighted by Crippen LogP contribution is -2.64. The molecule has 0 radical (unpaired) electrons. The Hall–Kier alpha value is -0.440. The van der Waals surface area contributed by atoms with E-state index in [9.17, 15) is 0 Å². The van der Waals surface area contributed by atoms with E-state index in [0.29, 0.717) is 0 Å². The standard InChI is InChI=1S/C20H38O11/c1-21-9-12-14(24-4)16(26-6)17(27-7)19(29-12)31-20(11-23-3)18(28-8)15(25-5)13(30-20)10-22-2/h12-19H,9-11H2,1-8H3/t12-,13-,14+,15+,16-,17-,18+,19-,20+/m0/s1. The zero-order chi connectivity index (χ0) is 23.0. The van der Waals surface area contributed by atoms with Gasteiger partial charge in [0, 0.05) is 56.9 Å². The molecule has 0 aromatic carbocycles. The molecule has 2 saturated heterocycles. The van der Waals surface area contributed by atoms with E-state index < -0.39 is 54.8 Å². The molecular weight excluding hydrogens is 416 g/mol. The topological polar surface area (TPSA) is 102 Å². The van der Waals surface area contributed by atoms with Gasteiger partial charge >= 0.3 is 0 Å². The summed E-state index contributed by atoms with van der Waals surface area (Å²) in [6.07, 6.45) is -4.42. The van der Waals surface area contributed by atoms with Gasteiger partial charge in [-0.3, -0.25) is 0 Å². The van der Waals surface area contributed by atoms with Crippen molar-refractivity contribution in [3.63, 3.8) is 0 Å². The molecule has 0 aromatic rings. The van der Waals surface area contributed by atoms with Gasteiger partial charge in [0.25, 0.3) is 0 Å². The first-order chi connectivity index (χ1) is 15.0. The van der Waals surface area contributed by atoms with Gasteiger partial charge in [-0.2, -0.15) is 0 Å². The Morgan fingerprint density at radius 1 is 0.613 bits per heavy atom. The molecule has 11 nitrogen and oxygen atoms in total. The van der Waals surface area contributed by atoms with Gasteiger partial charge in [0.05, 0.1) is 13.2 Å². The molecule has 0 unspecified atom stereocenters. The van der Waals surface area contributed by atoms with Gasteiger partial charge in [0.2, 0.25) is 5.79 Å². The van der Waals surface area contributed by atoms with Crippen molar-refractivity contribution in [1.82, 2.24) is 0 Å². The van der Waals surface area contributed by atoms with Crippen molar-refractivity contribution >= 4 is 0 Å². The van der Waals surface area contributed by atoms with Crippen LogP contribution in [0, 0.1) is 0 Å². The van der Waals surface area contributed by atoms with Crippen molar-refractivity contribution in [3.05, 3.63) is 0 Å². The fourth-order valence-corrected chi connectivity index (χ4v) is 4.43. The van der Waals surface area contributed by atoms with Crippen LogP contribution in [-0.4, -0.2) is 132 Å². The minimum Gasteiger partial charge on any atom is -0.382 e. The monoisotopic (exact) mass is 454 g/mol. The van der Waals surface area contributed by atoms with Crippen molar-refractivity contribution in [1.29, 1.82) is 0 Å². The van der Waals surface area contributed by atoms with Gasteiger partial charge < -0.3 is 52.1 Å². The lowest BCUT2D eigenvalue weighted by atomic mass is 9.98. The Balaban J connectivity index is 2.38. The minimum atomic E-state index is -1.34. The van der Waals surface area contributed by atoms with Crippen LogP contribution < -0.4 is 0 Å². The molecule has 2 heterocycles. The summed E-state index contributed by atoms with van der Waals surface area (Å²) in [5.74, 6) is -1.34. The Labute approximate surface area is 184 Å². The smallest absolute Gasteiger partial charge is 0.224 e. The second-order valence-corrected chi connectivity index (χ2v) is 7.43. The second-order valence-electron chi connectivity index (χ2n) is 7.43. The average molecular weight is 455 g/mol. The summed E-state index contributed by atoms with van der Waals surface area (Å²) in [6.45, 7) is 0.612. The molecule has 0 bridgehead atoms. The molecule has 0 spiro atoms. The third-order valence-corrected chi connectivity index (χ3v) is 5.71. The number of hydrogen-bond acceptors (Lipinski definition) is 11. The molecule has 184 valence electrons. The van der Waals surface area contributed by atoms with Gasteiger partial charge in [-0.05, 0) is 0 Å². The molecule has 0 N–H and O–H groups in total. The summed E-state index contributed by atoms with van der Waals surface area (Å²) in [6, 6.07) is 0. The fourth-order valence-electron chi connectivity index (χ4n) is 4.43. The third kappa shape index (κ3) is 5.56. The molecule has 11 heteroatoms. The van der Waals surface area contributed by atoms with Crippen LogP contribution in [0.15, 0.2) is 0 Å². The van der Waals surface area contributed by atoms with Crippen LogP contribution in [0.5, 0.6) is 0 Å². The van der Waals surface area contributed by atoms with Crippen molar-refractivity contribution < 1.29 is 52.1 Å². The quantitative estimate of drug-likeness (QED) is 0.371. The largest absolute Gasteiger partial charge is 0.382 e. The van der Waals surface area contributed by atoms with Gasteiger partial charge in [-0.1, -0.05) is 0 Å². The van der Waals surface area contributed by atoms with Crippen molar-refractivity contribution in [2.75, 3.05) is 76.7 Å². The van der Waals surface area contributed by atoms with Crippen LogP contribution in [0.4, 0.5) is 0 Å². The normalized spacial score (nSPS) is 41.0. The average Bonchev–Trinajstić information content (AvgIpc) is 3.05. The van der Waals surface area contributed by atoms with Gasteiger partial charge in [-0.25, -0.2) is 0 Å². The maximum absolute atomic E-state index is 6.45. The van der Waals surface area contributed by atoms with E-state index in [-0.39, 0.29) is 19.8 Å². The molecule has 0 amide bonds. The Kier molecular flexibility index (Phi) is 11.0. The number of hydrogen-bond donors (Lipinski definition) is 0. The Morgan fingerprint density at radius 2 is 1.19 bits per heavy atom. The lowest BCUT2D eigenvalue weighted by Gasteiger charge is -2.47. The molecule has 2 aliphatic rings. The number of methoxy groups -OCH3 is 8. The van der Waals surface area contributed by atoms with E-state index in [1.165, 1.54) is 0 Å². The summed E-state index contributed by atoms with van der Waals surface area (Å²) in [7, 11) is 12.6. The maximum atomic E-state index is 6.45. The van der Waals surface area contributed by atoms with Crippen LogP contribution in [0.3, 0.4) is 0 Å². The third-order valence-electron chi connectivity index (χ3n) is 5.71. The molecule has 0 aliphatic carbocycles. The van der Waals surface area contributed by atoms with Crippen LogP contribution >= 0.6 is 0 Å². The predicted molar refractivity (Wildman–Crippen MR) is 107 cm³/mol. The Bertz CT molecular complexity index is 510. The number of rotatable bonds is 13. The van der Waals surface area contributed by atoms with Crippen molar-refractivity contribution in [3.8, 4) is 0 Å². The molecule has 0 aromatic heterocycles. The molecule has 0 saturated carbocycles. The molecule has 2 fully saturated rings. The van der Waals surface area contributed by atoms with Gasteiger partial charge in [0.15, 0.2) is 6.29 Å². The van der Waals surface area contributed by atoms with Crippen LogP contribution in [0.1, 0.15) is 0 Å². The molecular formula is C20H38O11. The Morgan fingerprint density at radius 3 is 1.68 bits per heavy atom. The van der Waals surface area contributed by atoms with Gasteiger partial charge in [-0.15, -0.1) is 0 Å². The predicted octanol–water partition coefficient (Wildman–Crippen LogP) is -0.163. The van der Waals surface area contributed by atoms with E-state index in [4.69, 9.17) is 52.1 Å². The summed E-state index contributed by atoms with van der Waals surface area (Å²) in [5.41, 5.74) is 0. The second kappa shape index (κ2) is 12.7. The first-order valence-corrected chi connectivity index (χ1v) is 10.1. The highest BCUT2D eigenvalue weighted by Gasteiger charge is 2.60. The molecule has 2 aliphatic heterocycles. The van der Waals surface area contributed by atoms with Crippen LogP contribution in [0.25, 0.3) is 0 Å². The molecule has 2 rings (SSSR count). The lowest BCUT2D eigenvalue weighted by molar-refractivity contribution is -0.390.